The Kier molecular flexibility index (Phi) is 6.98. The van der Waals surface area contributed by atoms with Crippen LogP contribution in [0.2, 0.25) is 0 Å². The van der Waals surface area contributed by atoms with E-state index in [1.165, 1.54) is 5.56 Å². The maximum Gasteiger partial charge on any atom is 0.226 e. The van der Waals surface area contributed by atoms with Gasteiger partial charge in [0.25, 0.3) is 0 Å². The Morgan fingerprint density at radius 1 is 1.00 bits per heavy atom. The van der Waals surface area contributed by atoms with E-state index in [1.54, 1.807) is 6.26 Å². The largest absolute Gasteiger partial charge is 0.444 e. The van der Waals surface area contributed by atoms with E-state index < -0.39 is 0 Å². The van der Waals surface area contributed by atoms with E-state index in [2.05, 4.69) is 41.2 Å². The predicted molar refractivity (Wildman–Crippen MR) is 111 cm³/mol. The highest BCUT2D eigenvalue weighted by molar-refractivity contribution is 5.78. The summed E-state index contributed by atoms with van der Waals surface area (Å²) in [5.74, 6) is 0.471. The van der Waals surface area contributed by atoms with Crippen molar-refractivity contribution in [1.29, 1.82) is 0 Å². The predicted octanol–water partition coefficient (Wildman–Crippen LogP) is 4.04. The molecule has 2 aromatic carbocycles. The van der Waals surface area contributed by atoms with Crippen LogP contribution in [-0.4, -0.2) is 28.9 Å². The highest BCUT2D eigenvalue weighted by Crippen LogP contribution is 2.18. The molecule has 0 aliphatic rings. The van der Waals surface area contributed by atoms with Gasteiger partial charge in [-0.3, -0.25) is 9.69 Å². The normalized spacial score (nSPS) is 11.0. The zero-order valence-electron chi connectivity index (χ0n) is 16.5. The van der Waals surface area contributed by atoms with Crippen molar-refractivity contribution in [2.24, 2.45) is 0 Å². The molecule has 0 fully saturated rings. The fourth-order valence-electron chi connectivity index (χ4n) is 3.09. The maximum absolute atomic E-state index is 12.4. The zero-order valence-corrected chi connectivity index (χ0v) is 16.5. The second-order valence-electron chi connectivity index (χ2n) is 6.69. The molecule has 0 aliphatic heterocycles. The lowest BCUT2D eigenvalue weighted by Gasteiger charge is -2.20. The fourth-order valence-corrected chi connectivity index (χ4v) is 3.09. The third kappa shape index (κ3) is 5.30. The number of amides is 1. The summed E-state index contributed by atoms with van der Waals surface area (Å²) in [6.07, 6.45) is 1.75. The first-order valence-corrected chi connectivity index (χ1v) is 9.75. The lowest BCUT2D eigenvalue weighted by atomic mass is 10.1. The second kappa shape index (κ2) is 9.85. The molecule has 146 valence electrons. The van der Waals surface area contributed by atoms with Gasteiger partial charge in [0.15, 0.2) is 0 Å². The Hall–Kier alpha value is -2.92. The molecule has 1 heterocycles. The number of benzene rings is 2. The number of oxazole rings is 1. The first-order valence-electron chi connectivity index (χ1n) is 9.75. The number of carbonyl (C=O) groups excluding carboxylic acids is 1. The first kappa shape index (κ1) is 19.8. The Morgan fingerprint density at radius 2 is 1.68 bits per heavy atom. The SMILES string of the molecule is CCN(CC)Cc1ccccc1CNC(=O)Cc1coc(-c2ccccc2)n1. The van der Waals surface area contributed by atoms with Crippen molar-refractivity contribution >= 4 is 5.91 Å². The minimum Gasteiger partial charge on any atom is -0.444 e. The van der Waals surface area contributed by atoms with Crippen molar-refractivity contribution in [3.63, 3.8) is 0 Å². The molecule has 3 aromatic rings. The molecule has 0 unspecified atom stereocenters. The van der Waals surface area contributed by atoms with Crippen LogP contribution in [0.4, 0.5) is 0 Å². The van der Waals surface area contributed by atoms with E-state index in [4.69, 9.17) is 4.42 Å². The average molecular weight is 377 g/mol. The highest BCUT2D eigenvalue weighted by atomic mass is 16.3. The van der Waals surface area contributed by atoms with Gasteiger partial charge in [0.05, 0.1) is 12.1 Å². The van der Waals surface area contributed by atoms with Crippen LogP contribution in [0.3, 0.4) is 0 Å². The number of nitrogens with zero attached hydrogens (tertiary/aromatic N) is 2. The van der Waals surface area contributed by atoms with Crippen LogP contribution in [0.15, 0.2) is 65.3 Å². The van der Waals surface area contributed by atoms with Gasteiger partial charge in [-0.25, -0.2) is 4.98 Å². The molecule has 0 atom stereocenters. The molecule has 1 N–H and O–H groups in total. The molecule has 1 aromatic heterocycles. The molecule has 0 saturated heterocycles. The number of hydrogen-bond donors (Lipinski definition) is 1. The molecule has 0 aliphatic carbocycles. The molecule has 0 spiro atoms. The quantitative estimate of drug-likeness (QED) is 0.611. The molecular formula is C23H27N3O2. The lowest BCUT2D eigenvalue weighted by Crippen LogP contribution is -2.27. The van der Waals surface area contributed by atoms with Gasteiger partial charge < -0.3 is 9.73 Å². The molecule has 5 heteroatoms. The van der Waals surface area contributed by atoms with E-state index in [0.717, 1.165) is 30.8 Å². The Labute approximate surface area is 166 Å². The number of aromatic nitrogens is 1. The number of rotatable bonds is 9. The van der Waals surface area contributed by atoms with Crippen LogP contribution in [0, 0.1) is 0 Å². The molecule has 5 nitrogen and oxygen atoms in total. The summed E-state index contributed by atoms with van der Waals surface area (Å²) in [4.78, 5) is 19.2. The van der Waals surface area contributed by atoms with E-state index in [1.807, 2.05) is 42.5 Å². The van der Waals surface area contributed by atoms with Gasteiger partial charge in [-0.1, -0.05) is 56.3 Å². The van der Waals surface area contributed by atoms with E-state index in [9.17, 15) is 4.79 Å². The van der Waals surface area contributed by atoms with Gasteiger partial charge in [-0.05, 0) is 36.3 Å². The second-order valence-corrected chi connectivity index (χ2v) is 6.69. The topological polar surface area (TPSA) is 58.4 Å². The molecule has 0 saturated carbocycles. The van der Waals surface area contributed by atoms with Crippen molar-refractivity contribution < 1.29 is 9.21 Å². The molecule has 28 heavy (non-hydrogen) atoms. The summed E-state index contributed by atoms with van der Waals surface area (Å²) in [6, 6.07) is 17.9. The van der Waals surface area contributed by atoms with Gasteiger partial charge >= 0.3 is 0 Å². The van der Waals surface area contributed by atoms with E-state index in [0.29, 0.717) is 18.1 Å². The summed E-state index contributed by atoms with van der Waals surface area (Å²) in [7, 11) is 0. The zero-order chi connectivity index (χ0) is 19.8. The fraction of sp³-hybridized carbons (Fsp3) is 0.304. The van der Waals surface area contributed by atoms with E-state index >= 15 is 0 Å². The lowest BCUT2D eigenvalue weighted by molar-refractivity contribution is -0.120. The number of carbonyl (C=O) groups is 1. The summed E-state index contributed by atoms with van der Waals surface area (Å²) in [5.41, 5.74) is 3.93. The van der Waals surface area contributed by atoms with Crippen molar-refractivity contribution in [3.05, 3.63) is 77.7 Å². The molecule has 0 bridgehead atoms. The van der Waals surface area contributed by atoms with Crippen LogP contribution in [0.5, 0.6) is 0 Å². The van der Waals surface area contributed by atoms with Crippen LogP contribution >= 0.6 is 0 Å². The Balaban J connectivity index is 1.57. The highest BCUT2D eigenvalue weighted by Gasteiger charge is 2.11. The molecule has 1 amide bonds. The van der Waals surface area contributed by atoms with Gasteiger partial charge in [0.1, 0.15) is 6.26 Å². The summed E-state index contributed by atoms with van der Waals surface area (Å²) in [5, 5.41) is 3.01. The molecular weight excluding hydrogens is 350 g/mol. The van der Waals surface area contributed by atoms with Crippen LogP contribution in [0.1, 0.15) is 30.7 Å². The number of nitrogens with one attached hydrogen (secondary N) is 1. The van der Waals surface area contributed by atoms with Crippen molar-refractivity contribution in [3.8, 4) is 11.5 Å². The third-order valence-electron chi connectivity index (χ3n) is 4.80. The van der Waals surface area contributed by atoms with Crippen LogP contribution in [0.25, 0.3) is 11.5 Å². The number of hydrogen-bond acceptors (Lipinski definition) is 4. The van der Waals surface area contributed by atoms with Gasteiger partial charge in [0, 0.05) is 18.7 Å². The summed E-state index contributed by atoms with van der Waals surface area (Å²) in [6.45, 7) is 7.74. The van der Waals surface area contributed by atoms with Crippen molar-refractivity contribution in [1.82, 2.24) is 15.2 Å². The van der Waals surface area contributed by atoms with Gasteiger partial charge in [0.2, 0.25) is 11.8 Å². The average Bonchev–Trinajstić information content (AvgIpc) is 3.20. The first-order chi connectivity index (χ1) is 13.7. The minimum atomic E-state index is -0.0643. The monoisotopic (exact) mass is 377 g/mol. The minimum absolute atomic E-state index is 0.0643. The van der Waals surface area contributed by atoms with Gasteiger partial charge in [-0.15, -0.1) is 0 Å². The molecule has 0 radical (unpaired) electrons. The Bertz CT molecular complexity index is 886. The summed E-state index contributed by atoms with van der Waals surface area (Å²) < 4.78 is 5.51. The van der Waals surface area contributed by atoms with Crippen LogP contribution < -0.4 is 5.32 Å². The summed E-state index contributed by atoms with van der Waals surface area (Å²) >= 11 is 0. The smallest absolute Gasteiger partial charge is 0.226 e. The maximum atomic E-state index is 12.4. The molecule has 3 rings (SSSR count). The Morgan fingerprint density at radius 3 is 2.39 bits per heavy atom. The van der Waals surface area contributed by atoms with Crippen molar-refractivity contribution in [2.45, 2.75) is 33.4 Å². The van der Waals surface area contributed by atoms with Crippen molar-refractivity contribution in [2.75, 3.05) is 13.1 Å². The van der Waals surface area contributed by atoms with Crippen LogP contribution in [-0.2, 0) is 24.3 Å². The van der Waals surface area contributed by atoms with Gasteiger partial charge in [-0.2, -0.15) is 0 Å². The third-order valence-corrected chi connectivity index (χ3v) is 4.80. The standard InChI is InChI=1S/C23H27N3O2/c1-3-26(4-2)16-20-13-9-8-12-19(20)15-24-22(27)14-21-17-28-23(25-21)18-10-6-5-7-11-18/h5-13,17H,3-4,14-16H2,1-2H3,(H,24,27). The van der Waals surface area contributed by atoms with E-state index in [-0.39, 0.29) is 12.3 Å².